The van der Waals surface area contributed by atoms with E-state index in [1.807, 2.05) is 49.3 Å². The molecule has 0 saturated heterocycles. The van der Waals surface area contributed by atoms with Crippen LogP contribution >= 0.6 is 15.9 Å². The highest BCUT2D eigenvalue weighted by molar-refractivity contribution is 9.10. The number of rotatable bonds is 1. The van der Waals surface area contributed by atoms with Gasteiger partial charge in [0.15, 0.2) is 5.69 Å². The summed E-state index contributed by atoms with van der Waals surface area (Å²) in [4.78, 5) is 29.4. The Bertz CT molecular complexity index is 1150. The maximum atomic E-state index is 13.2. The number of carbonyl (C=O) groups excluding carboxylic acids is 2. The van der Waals surface area contributed by atoms with E-state index in [1.54, 1.807) is 9.42 Å². The van der Waals surface area contributed by atoms with Gasteiger partial charge in [0, 0.05) is 36.4 Å². The minimum Gasteiger partial charge on any atom is -0.337 e. The second-order valence-corrected chi connectivity index (χ2v) is 8.42. The molecule has 3 aromatic rings. The molecule has 28 heavy (non-hydrogen) atoms. The van der Waals surface area contributed by atoms with Gasteiger partial charge in [0.05, 0.1) is 11.6 Å². The van der Waals surface area contributed by atoms with Gasteiger partial charge in [-0.2, -0.15) is 5.10 Å². The molecule has 0 radical (unpaired) electrons. The summed E-state index contributed by atoms with van der Waals surface area (Å²) in [5, 5.41) is 4.45. The van der Waals surface area contributed by atoms with Crippen LogP contribution in [0.25, 0.3) is 5.52 Å². The molecule has 1 unspecified atom stereocenters. The first-order valence-electron chi connectivity index (χ1n) is 9.30. The molecule has 2 aliphatic heterocycles. The Morgan fingerprint density at radius 2 is 2.07 bits per heavy atom. The molecule has 0 spiro atoms. The molecule has 0 bridgehead atoms. The summed E-state index contributed by atoms with van der Waals surface area (Å²) in [6.45, 7) is 3.27. The summed E-state index contributed by atoms with van der Waals surface area (Å²) in [5.41, 5.74) is 5.41. The van der Waals surface area contributed by atoms with Gasteiger partial charge >= 0.3 is 0 Å². The van der Waals surface area contributed by atoms with E-state index in [2.05, 4.69) is 27.1 Å². The van der Waals surface area contributed by atoms with E-state index < -0.39 is 0 Å². The molecule has 4 heterocycles. The number of halogens is 1. The number of carbonyl (C=O) groups is 2. The maximum absolute atomic E-state index is 13.2. The Hall–Kier alpha value is -2.67. The average molecular weight is 439 g/mol. The molecule has 1 atom stereocenters. The first-order chi connectivity index (χ1) is 13.4. The van der Waals surface area contributed by atoms with Crippen LogP contribution in [0.15, 0.2) is 41.0 Å². The van der Waals surface area contributed by atoms with E-state index in [0.717, 1.165) is 32.2 Å². The molecule has 2 aromatic heterocycles. The lowest BCUT2D eigenvalue weighted by Crippen LogP contribution is -2.39. The Balaban J connectivity index is 1.50. The third-order valence-electron chi connectivity index (χ3n) is 5.83. The number of hydrogen-bond acceptors (Lipinski definition) is 3. The number of hydrogen-bond donors (Lipinski definition) is 0. The van der Waals surface area contributed by atoms with Crippen LogP contribution in [0.4, 0.5) is 0 Å². The molecule has 0 aliphatic carbocycles. The predicted molar refractivity (Wildman–Crippen MR) is 108 cm³/mol. The third kappa shape index (κ3) is 2.49. The largest absolute Gasteiger partial charge is 0.337 e. The monoisotopic (exact) mass is 438 g/mol. The Kier molecular flexibility index (Phi) is 3.84. The van der Waals surface area contributed by atoms with Crippen LogP contribution in [-0.4, -0.2) is 44.8 Å². The van der Waals surface area contributed by atoms with E-state index >= 15 is 0 Å². The van der Waals surface area contributed by atoms with Crippen molar-refractivity contribution in [3.05, 3.63) is 68.9 Å². The first-order valence-corrected chi connectivity index (χ1v) is 10.1. The van der Waals surface area contributed by atoms with Crippen molar-refractivity contribution in [2.24, 2.45) is 0 Å². The number of nitrogens with zero attached hydrogens (tertiary/aromatic N) is 4. The standard InChI is InChI=1S/C21H19BrN4O2/c1-12-16-6-3-13-10-24(2)21(28)19(13)17(16)7-8-25(12)20(27)18-9-15-5-4-14(22)11-26(15)23-18/h3-6,9,11-12H,7-8,10H2,1-2H3. The summed E-state index contributed by atoms with van der Waals surface area (Å²) in [6.07, 6.45) is 2.53. The lowest BCUT2D eigenvalue weighted by Gasteiger charge is -2.35. The smallest absolute Gasteiger partial charge is 0.274 e. The van der Waals surface area contributed by atoms with Crippen LogP contribution in [0.3, 0.4) is 0 Å². The summed E-state index contributed by atoms with van der Waals surface area (Å²) in [6, 6.07) is 9.68. The molecule has 6 nitrogen and oxygen atoms in total. The van der Waals surface area contributed by atoms with Crippen molar-refractivity contribution in [1.29, 1.82) is 0 Å². The lowest BCUT2D eigenvalue weighted by molar-refractivity contribution is 0.0671. The molecule has 1 aromatic carbocycles. The predicted octanol–water partition coefficient (Wildman–Crippen LogP) is 3.44. The normalized spacial score (nSPS) is 18.5. The van der Waals surface area contributed by atoms with Crippen LogP contribution < -0.4 is 0 Å². The Morgan fingerprint density at radius 1 is 1.25 bits per heavy atom. The van der Waals surface area contributed by atoms with Crippen LogP contribution in [0.5, 0.6) is 0 Å². The van der Waals surface area contributed by atoms with Crippen molar-refractivity contribution >= 4 is 33.3 Å². The number of aromatic nitrogens is 2. The van der Waals surface area contributed by atoms with Crippen LogP contribution in [-0.2, 0) is 13.0 Å². The zero-order valence-electron chi connectivity index (χ0n) is 15.6. The van der Waals surface area contributed by atoms with Crippen molar-refractivity contribution < 1.29 is 9.59 Å². The topological polar surface area (TPSA) is 57.9 Å². The summed E-state index contributed by atoms with van der Waals surface area (Å²) < 4.78 is 2.62. The molecule has 0 fully saturated rings. The molecule has 5 rings (SSSR count). The molecule has 142 valence electrons. The lowest BCUT2D eigenvalue weighted by atomic mass is 9.87. The zero-order chi connectivity index (χ0) is 19.6. The summed E-state index contributed by atoms with van der Waals surface area (Å²) in [7, 11) is 1.83. The second kappa shape index (κ2) is 6.17. The highest BCUT2D eigenvalue weighted by atomic mass is 79.9. The highest BCUT2D eigenvalue weighted by Crippen LogP contribution is 2.36. The molecule has 0 N–H and O–H groups in total. The maximum Gasteiger partial charge on any atom is 0.274 e. The zero-order valence-corrected chi connectivity index (χ0v) is 17.2. The molecule has 7 heteroatoms. The Morgan fingerprint density at radius 3 is 2.89 bits per heavy atom. The van der Waals surface area contributed by atoms with Gasteiger partial charge in [0.1, 0.15) is 0 Å². The SMILES string of the molecule is CC1c2ccc3c(c2CCN1C(=O)c1cc2ccc(Br)cn2n1)C(=O)N(C)C3. The summed E-state index contributed by atoms with van der Waals surface area (Å²) >= 11 is 3.43. The van der Waals surface area contributed by atoms with Gasteiger partial charge in [-0.15, -0.1) is 0 Å². The van der Waals surface area contributed by atoms with Crippen molar-refractivity contribution in [3.63, 3.8) is 0 Å². The van der Waals surface area contributed by atoms with Gasteiger partial charge in [0.25, 0.3) is 11.8 Å². The van der Waals surface area contributed by atoms with Crippen molar-refractivity contribution in [1.82, 2.24) is 19.4 Å². The van der Waals surface area contributed by atoms with Crippen molar-refractivity contribution in [2.45, 2.75) is 25.9 Å². The molecular formula is C21H19BrN4O2. The fourth-order valence-electron chi connectivity index (χ4n) is 4.37. The highest BCUT2D eigenvalue weighted by Gasteiger charge is 2.35. The van der Waals surface area contributed by atoms with Crippen molar-refractivity contribution in [2.75, 3.05) is 13.6 Å². The number of benzene rings is 1. The molecule has 0 saturated carbocycles. The minimum absolute atomic E-state index is 0.0816. The van der Waals surface area contributed by atoms with Gasteiger partial charge in [-0.05, 0) is 64.2 Å². The first kappa shape index (κ1) is 17.4. The van der Waals surface area contributed by atoms with E-state index in [0.29, 0.717) is 25.2 Å². The molecule has 2 aliphatic rings. The van der Waals surface area contributed by atoms with Gasteiger partial charge in [0.2, 0.25) is 0 Å². The van der Waals surface area contributed by atoms with Crippen molar-refractivity contribution in [3.8, 4) is 0 Å². The van der Waals surface area contributed by atoms with Crippen LogP contribution in [0, 0.1) is 0 Å². The van der Waals surface area contributed by atoms with E-state index in [9.17, 15) is 9.59 Å². The number of fused-ring (bicyclic) bond motifs is 4. The summed E-state index contributed by atoms with van der Waals surface area (Å²) in [5.74, 6) is 0.00618. The van der Waals surface area contributed by atoms with E-state index in [4.69, 9.17) is 0 Å². The average Bonchev–Trinajstić information content (AvgIpc) is 3.22. The number of pyridine rings is 1. The fourth-order valence-corrected chi connectivity index (χ4v) is 4.70. The molecule has 2 amide bonds. The van der Waals surface area contributed by atoms with E-state index in [1.165, 1.54) is 0 Å². The third-order valence-corrected chi connectivity index (χ3v) is 6.30. The van der Waals surface area contributed by atoms with Gasteiger partial charge < -0.3 is 9.80 Å². The Labute approximate surface area is 170 Å². The second-order valence-electron chi connectivity index (χ2n) is 7.50. The van der Waals surface area contributed by atoms with Crippen LogP contribution in [0.1, 0.15) is 50.5 Å². The fraction of sp³-hybridized carbons (Fsp3) is 0.286. The van der Waals surface area contributed by atoms with E-state index in [-0.39, 0.29) is 17.9 Å². The minimum atomic E-state index is -0.100. The quantitative estimate of drug-likeness (QED) is 0.584. The number of amides is 2. The van der Waals surface area contributed by atoms with Gasteiger partial charge in [-0.25, -0.2) is 4.52 Å². The van der Waals surface area contributed by atoms with Crippen LogP contribution in [0.2, 0.25) is 0 Å². The van der Waals surface area contributed by atoms with Gasteiger partial charge in [-0.3, -0.25) is 9.59 Å². The van der Waals surface area contributed by atoms with Gasteiger partial charge in [-0.1, -0.05) is 12.1 Å². The molecular weight excluding hydrogens is 420 g/mol.